The van der Waals surface area contributed by atoms with Crippen molar-refractivity contribution in [2.24, 2.45) is 0 Å². The average Bonchev–Trinajstić information content (AvgIpc) is 2.51. The molecule has 1 rings (SSSR count). The highest BCUT2D eigenvalue weighted by Crippen LogP contribution is 2.07. The molecule has 1 aromatic rings. The lowest BCUT2D eigenvalue weighted by Gasteiger charge is -2.06. The normalized spacial score (nSPS) is 10.1. The van der Waals surface area contributed by atoms with Crippen LogP contribution in [0.2, 0.25) is 0 Å². The Morgan fingerprint density at radius 2 is 1.68 bits per heavy atom. The molecular weight excluding hydrogens is 284 g/mol. The summed E-state index contributed by atoms with van der Waals surface area (Å²) in [5.74, 6) is -0.683. The topological polar surface area (TPSA) is 84.5 Å². The van der Waals surface area contributed by atoms with Crippen LogP contribution in [0.4, 0.5) is 0 Å². The van der Waals surface area contributed by atoms with Crippen molar-refractivity contribution in [3.8, 4) is 0 Å². The summed E-state index contributed by atoms with van der Waals surface area (Å²) in [5.41, 5.74) is 1.67. The van der Waals surface area contributed by atoms with Gasteiger partial charge in [-0.15, -0.1) is 0 Å². The second kappa shape index (κ2) is 9.68. The van der Waals surface area contributed by atoms with E-state index in [9.17, 15) is 14.4 Å². The molecule has 0 aliphatic rings. The van der Waals surface area contributed by atoms with E-state index in [-0.39, 0.29) is 37.0 Å². The third kappa shape index (κ3) is 6.99. The summed E-state index contributed by atoms with van der Waals surface area (Å²) in [6.07, 6.45) is 0.193. The minimum absolute atomic E-state index is 0.0675. The Morgan fingerprint density at radius 3 is 2.32 bits per heavy atom. The number of nitrogens with one attached hydrogen (secondary N) is 2. The summed E-state index contributed by atoms with van der Waals surface area (Å²) in [7, 11) is 1.54. The van der Waals surface area contributed by atoms with Crippen molar-refractivity contribution in [1.82, 2.24) is 10.6 Å². The molecule has 0 fully saturated rings. The fourth-order valence-electron chi connectivity index (χ4n) is 1.73. The first-order valence-corrected chi connectivity index (χ1v) is 7.15. The Kier molecular flexibility index (Phi) is 7.85. The molecule has 22 heavy (non-hydrogen) atoms. The van der Waals surface area contributed by atoms with E-state index in [2.05, 4.69) is 10.6 Å². The molecule has 0 aromatic heterocycles. The van der Waals surface area contributed by atoms with Gasteiger partial charge in [-0.2, -0.15) is 0 Å². The van der Waals surface area contributed by atoms with Crippen molar-refractivity contribution in [3.05, 3.63) is 35.4 Å². The lowest BCUT2D eigenvalue weighted by Crippen LogP contribution is -2.38. The van der Waals surface area contributed by atoms with Crippen LogP contribution in [0.25, 0.3) is 0 Å². The fraction of sp³-hybridized carbons (Fsp3) is 0.438. The molecule has 0 radical (unpaired) electrons. The predicted octanol–water partition coefficient (Wildman–Crippen LogP) is 0.837. The minimum Gasteiger partial charge on any atom is -0.383 e. The molecule has 0 spiro atoms. The molecule has 0 saturated heterocycles. The van der Waals surface area contributed by atoms with Crippen molar-refractivity contribution in [1.29, 1.82) is 0 Å². The largest absolute Gasteiger partial charge is 0.383 e. The van der Waals surface area contributed by atoms with Gasteiger partial charge in [0.05, 0.1) is 13.2 Å². The number of benzene rings is 1. The van der Waals surface area contributed by atoms with Gasteiger partial charge in [-0.1, -0.05) is 29.8 Å². The number of carbonyl (C=O) groups excluding carboxylic acids is 3. The lowest BCUT2D eigenvalue weighted by molar-refractivity contribution is -0.126. The molecule has 6 heteroatoms. The molecule has 2 N–H and O–H groups in total. The van der Waals surface area contributed by atoms with Gasteiger partial charge in [0.25, 0.3) is 0 Å². The molecule has 120 valence electrons. The van der Waals surface area contributed by atoms with Crippen LogP contribution in [0.1, 0.15) is 28.8 Å². The third-order valence-electron chi connectivity index (χ3n) is 3.03. The Labute approximate surface area is 130 Å². The summed E-state index contributed by atoms with van der Waals surface area (Å²) in [6, 6.07) is 7.22. The van der Waals surface area contributed by atoms with Crippen molar-refractivity contribution in [2.75, 3.05) is 26.8 Å². The molecule has 0 saturated carbocycles. The maximum absolute atomic E-state index is 11.9. The van der Waals surface area contributed by atoms with Crippen LogP contribution in [0.15, 0.2) is 24.3 Å². The molecule has 0 unspecified atom stereocenters. The van der Waals surface area contributed by atoms with E-state index in [1.54, 1.807) is 19.2 Å². The number of hydrogen-bond donors (Lipinski definition) is 2. The van der Waals surface area contributed by atoms with Crippen molar-refractivity contribution < 1.29 is 19.1 Å². The van der Waals surface area contributed by atoms with E-state index in [1.165, 1.54) is 0 Å². The number of Topliss-reactive ketones (excluding diaryl/α,β-unsaturated/α-hetero) is 1. The zero-order chi connectivity index (χ0) is 16.4. The predicted molar refractivity (Wildman–Crippen MR) is 82.6 cm³/mol. The highest BCUT2D eigenvalue weighted by Gasteiger charge is 2.10. The first kappa shape index (κ1) is 17.8. The fourth-order valence-corrected chi connectivity index (χ4v) is 1.73. The molecule has 2 amide bonds. The number of rotatable bonds is 9. The Hall–Kier alpha value is -2.21. The van der Waals surface area contributed by atoms with Gasteiger partial charge in [0, 0.05) is 32.1 Å². The molecule has 6 nitrogen and oxygen atoms in total. The van der Waals surface area contributed by atoms with Crippen molar-refractivity contribution in [3.63, 3.8) is 0 Å². The van der Waals surface area contributed by atoms with Crippen LogP contribution < -0.4 is 10.6 Å². The molecular formula is C16H22N2O4. The Morgan fingerprint density at radius 1 is 1.00 bits per heavy atom. The number of carbonyl (C=O) groups is 3. The first-order chi connectivity index (χ1) is 10.5. The van der Waals surface area contributed by atoms with E-state index in [1.807, 2.05) is 19.1 Å². The van der Waals surface area contributed by atoms with Crippen LogP contribution in [0.3, 0.4) is 0 Å². The smallest absolute Gasteiger partial charge is 0.239 e. The second-order valence-electron chi connectivity index (χ2n) is 4.91. The van der Waals surface area contributed by atoms with E-state index >= 15 is 0 Å². The van der Waals surface area contributed by atoms with Gasteiger partial charge < -0.3 is 15.4 Å². The summed E-state index contributed by atoms with van der Waals surface area (Å²) in [6.45, 7) is 2.67. The molecule has 0 atom stereocenters. The molecule has 0 aliphatic carbocycles. The Bertz CT molecular complexity index is 511. The quantitative estimate of drug-likeness (QED) is 0.523. The minimum atomic E-state index is -0.317. The van der Waals surface area contributed by atoms with Gasteiger partial charge in [0.2, 0.25) is 11.8 Å². The zero-order valence-electron chi connectivity index (χ0n) is 13.0. The van der Waals surface area contributed by atoms with Gasteiger partial charge in [0.15, 0.2) is 5.78 Å². The number of ketones is 1. The summed E-state index contributed by atoms with van der Waals surface area (Å²) < 4.78 is 4.79. The average molecular weight is 306 g/mol. The van der Waals surface area contributed by atoms with E-state index < -0.39 is 0 Å². The number of methoxy groups -OCH3 is 1. The van der Waals surface area contributed by atoms with Crippen LogP contribution in [0, 0.1) is 6.92 Å². The maximum Gasteiger partial charge on any atom is 0.239 e. The van der Waals surface area contributed by atoms with Crippen molar-refractivity contribution >= 4 is 17.6 Å². The van der Waals surface area contributed by atoms with Gasteiger partial charge in [-0.3, -0.25) is 14.4 Å². The maximum atomic E-state index is 11.9. The van der Waals surface area contributed by atoms with E-state index in [0.29, 0.717) is 18.7 Å². The molecule has 0 heterocycles. The highest BCUT2D eigenvalue weighted by atomic mass is 16.5. The molecule has 1 aromatic carbocycles. The zero-order valence-corrected chi connectivity index (χ0v) is 13.0. The van der Waals surface area contributed by atoms with Gasteiger partial charge in [0.1, 0.15) is 0 Å². The number of aryl methyl sites for hydroxylation is 1. The van der Waals surface area contributed by atoms with Crippen LogP contribution in [-0.2, 0) is 14.3 Å². The van der Waals surface area contributed by atoms with Crippen LogP contribution in [-0.4, -0.2) is 44.4 Å². The number of amides is 2. The van der Waals surface area contributed by atoms with E-state index in [4.69, 9.17) is 4.74 Å². The SMILES string of the molecule is COCCNC(=O)CNC(=O)CCC(=O)c1ccc(C)cc1. The monoisotopic (exact) mass is 306 g/mol. The summed E-state index contributed by atoms with van der Waals surface area (Å²) in [4.78, 5) is 34.9. The van der Waals surface area contributed by atoms with Gasteiger partial charge in [-0.05, 0) is 6.92 Å². The standard InChI is InChI=1S/C16H22N2O4/c1-12-3-5-13(6-4-12)14(19)7-8-15(20)18-11-16(21)17-9-10-22-2/h3-6H,7-11H2,1-2H3,(H,17,21)(H,18,20). The molecule has 0 aliphatic heterocycles. The first-order valence-electron chi connectivity index (χ1n) is 7.15. The highest BCUT2D eigenvalue weighted by molar-refractivity contribution is 5.98. The van der Waals surface area contributed by atoms with Crippen LogP contribution in [0.5, 0.6) is 0 Å². The molecule has 0 bridgehead atoms. The number of hydrogen-bond acceptors (Lipinski definition) is 4. The van der Waals surface area contributed by atoms with Crippen molar-refractivity contribution in [2.45, 2.75) is 19.8 Å². The summed E-state index contributed by atoms with van der Waals surface area (Å²) in [5, 5.41) is 5.07. The Balaban J connectivity index is 2.24. The van der Waals surface area contributed by atoms with Crippen LogP contribution >= 0.6 is 0 Å². The van der Waals surface area contributed by atoms with Gasteiger partial charge >= 0.3 is 0 Å². The summed E-state index contributed by atoms with van der Waals surface area (Å²) >= 11 is 0. The lowest BCUT2D eigenvalue weighted by atomic mass is 10.1. The third-order valence-corrected chi connectivity index (χ3v) is 3.03. The van der Waals surface area contributed by atoms with E-state index in [0.717, 1.165) is 5.56 Å². The van der Waals surface area contributed by atoms with Gasteiger partial charge in [-0.25, -0.2) is 0 Å². The number of ether oxygens (including phenoxy) is 1. The second-order valence-corrected chi connectivity index (χ2v) is 4.91.